The highest BCUT2D eigenvalue weighted by atomic mass is 19.4. The van der Waals surface area contributed by atoms with Crippen LogP contribution in [-0.4, -0.2) is 47.2 Å². The summed E-state index contributed by atoms with van der Waals surface area (Å²) in [6, 6.07) is 10.6. The number of rotatable bonds is 5. The van der Waals surface area contributed by atoms with Gasteiger partial charge < -0.3 is 20.3 Å². The van der Waals surface area contributed by atoms with E-state index in [1.54, 1.807) is 24.3 Å². The quantitative estimate of drug-likeness (QED) is 0.596. The van der Waals surface area contributed by atoms with Crippen LogP contribution in [0.3, 0.4) is 0 Å². The third-order valence-electron chi connectivity index (χ3n) is 4.87. The fraction of sp³-hybridized carbons (Fsp3) is 0.273. The Morgan fingerprint density at radius 2 is 1.73 bits per heavy atom. The van der Waals surface area contributed by atoms with E-state index in [2.05, 4.69) is 30.5 Å². The highest BCUT2D eigenvalue weighted by Crippen LogP contribution is 2.27. The summed E-state index contributed by atoms with van der Waals surface area (Å²) in [7, 11) is 0. The second kappa shape index (κ2) is 9.41. The first-order valence-corrected chi connectivity index (χ1v) is 10.2. The highest BCUT2D eigenvalue weighted by molar-refractivity contribution is 6.04. The fourth-order valence-electron chi connectivity index (χ4n) is 3.21. The second-order valence-corrected chi connectivity index (χ2v) is 7.38. The van der Waals surface area contributed by atoms with Gasteiger partial charge in [-0.15, -0.1) is 0 Å². The molecule has 1 saturated heterocycles. The number of aryl methyl sites for hydroxylation is 1. The number of nitrogens with zero attached hydrogens (tertiary/aromatic N) is 4. The van der Waals surface area contributed by atoms with Crippen LogP contribution in [0.15, 0.2) is 48.7 Å². The lowest BCUT2D eigenvalue weighted by Crippen LogP contribution is -2.37. The lowest BCUT2D eigenvalue weighted by Gasteiger charge is -2.27. The van der Waals surface area contributed by atoms with Gasteiger partial charge in [-0.25, -0.2) is 4.98 Å². The van der Waals surface area contributed by atoms with E-state index in [0.29, 0.717) is 30.7 Å². The average Bonchev–Trinajstić information content (AvgIpc) is 2.80. The highest BCUT2D eigenvalue weighted by Gasteiger charge is 2.32. The molecule has 4 rings (SSSR count). The number of alkyl halides is 3. The Balaban J connectivity index is 1.40. The molecule has 8 nitrogen and oxygen atoms in total. The number of halogens is 3. The molecule has 0 atom stereocenters. The molecule has 0 bridgehead atoms. The van der Waals surface area contributed by atoms with Crippen LogP contribution in [0.1, 0.15) is 21.7 Å². The third kappa shape index (κ3) is 5.75. The van der Waals surface area contributed by atoms with E-state index in [9.17, 15) is 18.0 Å². The van der Waals surface area contributed by atoms with E-state index in [1.807, 2.05) is 13.0 Å². The number of hydrogen-bond donors (Lipinski definition) is 2. The van der Waals surface area contributed by atoms with Crippen molar-refractivity contribution in [3.8, 4) is 0 Å². The number of amides is 1. The predicted molar refractivity (Wildman–Crippen MR) is 117 cm³/mol. The number of carbonyl (C=O) groups is 1. The molecule has 1 aliphatic heterocycles. The molecule has 172 valence electrons. The Hall–Kier alpha value is -3.73. The first-order valence-electron chi connectivity index (χ1n) is 10.2. The van der Waals surface area contributed by atoms with Crippen molar-refractivity contribution in [2.75, 3.05) is 41.8 Å². The number of morpholine rings is 1. The first-order chi connectivity index (χ1) is 15.8. The van der Waals surface area contributed by atoms with Crippen molar-refractivity contribution in [1.82, 2.24) is 15.0 Å². The third-order valence-corrected chi connectivity index (χ3v) is 4.87. The molecule has 0 aliphatic carbocycles. The van der Waals surface area contributed by atoms with Crippen molar-refractivity contribution in [1.29, 1.82) is 0 Å². The minimum absolute atomic E-state index is 0.0253. The van der Waals surface area contributed by atoms with Gasteiger partial charge in [-0.05, 0) is 43.3 Å². The molecule has 1 aromatic carbocycles. The van der Waals surface area contributed by atoms with Gasteiger partial charge in [0.05, 0.1) is 18.8 Å². The lowest BCUT2D eigenvalue weighted by molar-refractivity contribution is -0.141. The number of anilines is 4. The maximum Gasteiger partial charge on any atom is 0.433 e. The number of nitrogens with one attached hydrogen (secondary N) is 2. The molecule has 2 N–H and O–H groups in total. The van der Waals surface area contributed by atoms with Crippen LogP contribution in [0.4, 0.5) is 36.3 Å². The maximum absolute atomic E-state index is 12.6. The van der Waals surface area contributed by atoms with Crippen LogP contribution in [0, 0.1) is 6.92 Å². The number of pyridine rings is 1. The molecule has 0 unspecified atom stereocenters. The van der Waals surface area contributed by atoms with Gasteiger partial charge in [0.2, 0.25) is 5.95 Å². The second-order valence-electron chi connectivity index (χ2n) is 7.38. The number of hydrogen-bond acceptors (Lipinski definition) is 7. The summed E-state index contributed by atoms with van der Waals surface area (Å²) >= 11 is 0. The number of benzene rings is 1. The van der Waals surface area contributed by atoms with Crippen LogP contribution < -0.4 is 15.5 Å². The molecule has 11 heteroatoms. The van der Waals surface area contributed by atoms with E-state index in [0.717, 1.165) is 42.8 Å². The van der Waals surface area contributed by atoms with Gasteiger partial charge in [0.1, 0.15) is 11.5 Å². The van der Waals surface area contributed by atoms with Crippen molar-refractivity contribution in [2.45, 2.75) is 13.1 Å². The summed E-state index contributed by atoms with van der Waals surface area (Å²) in [5.41, 5.74) is 1.03. The minimum atomic E-state index is -4.55. The zero-order chi connectivity index (χ0) is 23.4. The van der Waals surface area contributed by atoms with Crippen LogP contribution in [-0.2, 0) is 10.9 Å². The first kappa shape index (κ1) is 22.5. The molecule has 0 radical (unpaired) electrons. The number of carbonyl (C=O) groups excluding carboxylic acids is 1. The van der Waals surface area contributed by atoms with Crippen LogP contribution in [0.5, 0.6) is 0 Å². The van der Waals surface area contributed by atoms with Crippen molar-refractivity contribution in [3.63, 3.8) is 0 Å². The van der Waals surface area contributed by atoms with Crippen molar-refractivity contribution >= 4 is 29.0 Å². The molecule has 1 aliphatic rings. The standard InChI is InChI=1S/C22H21F3N6O2/c1-14-12-19(30-21(27-14)31-8-10-33-11-9-31)28-16-3-5-17(6-4-16)29-20(32)15-2-7-18(26-13-15)22(23,24)25/h2-7,12-13H,8-11H2,1H3,(H,29,32)(H,27,28,30). The van der Waals surface area contributed by atoms with E-state index < -0.39 is 17.8 Å². The molecule has 33 heavy (non-hydrogen) atoms. The Morgan fingerprint density at radius 3 is 2.36 bits per heavy atom. The van der Waals surface area contributed by atoms with Gasteiger partial charge in [0.15, 0.2) is 0 Å². The maximum atomic E-state index is 12.6. The van der Waals surface area contributed by atoms with Gasteiger partial charge in [-0.3, -0.25) is 9.78 Å². The zero-order valence-corrected chi connectivity index (χ0v) is 17.7. The molecular formula is C22H21F3N6O2. The molecule has 1 fully saturated rings. The van der Waals surface area contributed by atoms with Gasteiger partial charge in [-0.2, -0.15) is 18.2 Å². The molecule has 3 aromatic rings. The summed E-state index contributed by atoms with van der Waals surface area (Å²) in [5.74, 6) is 0.713. The monoisotopic (exact) mass is 458 g/mol. The van der Waals surface area contributed by atoms with Crippen LogP contribution in [0.25, 0.3) is 0 Å². The van der Waals surface area contributed by atoms with E-state index in [-0.39, 0.29) is 5.56 Å². The largest absolute Gasteiger partial charge is 0.433 e. The van der Waals surface area contributed by atoms with Gasteiger partial charge in [0.25, 0.3) is 5.91 Å². The van der Waals surface area contributed by atoms with Gasteiger partial charge >= 0.3 is 6.18 Å². The zero-order valence-electron chi connectivity index (χ0n) is 17.7. The molecule has 3 heterocycles. The van der Waals surface area contributed by atoms with Crippen molar-refractivity contribution in [3.05, 3.63) is 65.6 Å². The number of ether oxygens (including phenoxy) is 1. The van der Waals surface area contributed by atoms with E-state index >= 15 is 0 Å². The van der Waals surface area contributed by atoms with Crippen LogP contribution in [0.2, 0.25) is 0 Å². The molecule has 1 amide bonds. The molecule has 2 aromatic heterocycles. The Kier molecular flexibility index (Phi) is 6.40. The average molecular weight is 458 g/mol. The predicted octanol–water partition coefficient (Wildman–Crippen LogP) is 4.03. The van der Waals surface area contributed by atoms with Gasteiger partial charge in [-0.1, -0.05) is 0 Å². The topological polar surface area (TPSA) is 92.3 Å². The summed E-state index contributed by atoms with van der Waals surface area (Å²) in [5, 5.41) is 5.86. The summed E-state index contributed by atoms with van der Waals surface area (Å²) in [6.07, 6.45) is -3.65. The molecular weight excluding hydrogens is 437 g/mol. The van der Waals surface area contributed by atoms with E-state index in [1.165, 1.54) is 0 Å². The SMILES string of the molecule is Cc1cc(Nc2ccc(NC(=O)c3ccc(C(F)(F)F)nc3)cc2)nc(N2CCOCC2)n1. The lowest BCUT2D eigenvalue weighted by atomic mass is 10.2. The number of aromatic nitrogens is 3. The summed E-state index contributed by atoms with van der Waals surface area (Å²) in [4.78, 5) is 26.7. The Bertz CT molecular complexity index is 1110. The smallest absolute Gasteiger partial charge is 0.378 e. The Morgan fingerprint density at radius 1 is 1.03 bits per heavy atom. The summed E-state index contributed by atoms with van der Waals surface area (Å²) < 4.78 is 43.2. The van der Waals surface area contributed by atoms with E-state index in [4.69, 9.17) is 4.74 Å². The van der Waals surface area contributed by atoms with Crippen molar-refractivity contribution in [2.24, 2.45) is 0 Å². The van der Waals surface area contributed by atoms with Gasteiger partial charge in [0, 0.05) is 42.4 Å². The fourth-order valence-corrected chi connectivity index (χ4v) is 3.21. The van der Waals surface area contributed by atoms with Crippen molar-refractivity contribution < 1.29 is 22.7 Å². The Labute approximate surface area is 187 Å². The molecule has 0 saturated carbocycles. The normalized spacial score (nSPS) is 14.1. The van der Waals surface area contributed by atoms with Crippen LogP contribution >= 0.6 is 0 Å². The molecule has 0 spiro atoms. The minimum Gasteiger partial charge on any atom is -0.378 e. The summed E-state index contributed by atoms with van der Waals surface area (Å²) in [6.45, 7) is 4.62.